The molecule has 2 aromatic carbocycles. The molecule has 2 aromatic rings. The number of benzene rings is 2. The molecule has 0 aliphatic rings. The van der Waals surface area contributed by atoms with Crippen LogP contribution in [0.25, 0.3) is 0 Å². The molecule has 0 aliphatic heterocycles. The van der Waals surface area contributed by atoms with Crippen molar-refractivity contribution in [2.24, 2.45) is 0 Å². The van der Waals surface area contributed by atoms with Gasteiger partial charge >= 0.3 is 5.97 Å². The lowest BCUT2D eigenvalue weighted by Crippen LogP contribution is -2.11. The van der Waals surface area contributed by atoms with Gasteiger partial charge in [0.25, 0.3) is 0 Å². The van der Waals surface area contributed by atoms with Crippen LogP contribution in [0.1, 0.15) is 22.3 Å². The molecule has 0 saturated heterocycles. The molecule has 0 aromatic heterocycles. The fourth-order valence-corrected chi connectivity index (χ4v) is 2.78. The van der Waals surface area contributed by atoms with E-state index in [1.165, 1.54) is 12.1 Å². The van der Waals surface area contributed by atoms with Crippen molar-refractivity contribution < 1.29 is 14.6 Å². The summed E-state index contributed by atoms with van der Waals surface area (Å²) in [5.74, 6) is -0.345. The molecule has 2 N–H and O–H groups in total. The molecule has 24 heavy (non-hydrogen) atoms. The van der Waals surface area contributed by atoms with Gasteiger partial charge in [-0.1, -0.05) is 34.8 Å². The number of anilines is 1. The van der Waals surface area contributed by atoms with Crippen LogP contribution in [0.15, 0.2) is 30.3 Å². The zero-order valence-corrected chi connectivity index (χ0v) is 15.2. The zero-order chi connectivity index (χ0) is 17.7. The summed E-state index contributed by atoms with van der Waals surface area (Å²) in [6, 6.07) is 8.34. The molecule has 128 valence electrons. The Morgan fingerprint density at radius 2 is 1.92 bits per heavy atom. The molecule has 4 nitrogen and oxygen atoms in total. The first kappa shape index (κ1) is 18.7. The van der Waals surface area contributed by atoms with Crippen LogP contribution >= 0.6 is 34.8 Å². The molecule has 2 rings (SSSR count). The maximum Gasteiger partial charge on any atom is 0.337 e. The summed E-state index contributed by atoms with van der Waals surface area (Å²) in [7, 11) is 0. The van der Waals surface area contributed by atoms with Crippen molar-refractivity contribution >= 4 is 46.5 Å². The van der Waals surface area contributed by atoms with E-state index in [1.807, 2.05) is 13.0 Å². The van der Waals surface area contributed by atoms with E-state index in [4.69, 9.17) is 39.5 Å². The largest absolute Gasteiger partial charge is 0.494 e. The third-order valence-electron chi connectivity index (χ3n) is 3.31. The number of nitrogens with one attached hydrogen (secondary N) is 1. The molecular formula is C17H16Cl3NO3. The Labute approximate surface area is 155 Å². The van der Waals surface area contributed by atoms with Crippen molar-refractivity contribution in [2.45, 2.75) is 13.3 Å². The van der Waals surface area contributed by atoms with Gasteiger partial charge in [-0.25, -0.2) is 4.79 Å². The summed E-state index contributed by atoms with van der Waals surface area (Å²) in [6.45, 7) is 2.89. The molecule has 0 spiro atoms. The smallest absolute Gasteiger partial charge is 0.337 e. The average molecular weight is 389 g/mol. The lowest BCUT2D eigenvalue weighted by Gasteiger charge is -2.13. The van der Waals surface area contributed by atoms with E-state index in [2.05, 4.69) is 5.32 Å². The first-order valence-electron chi connectivity index (χ1n) is 7.23. The molecule has 0 radical (unpaired) electrons. The standard InChI is InChI=1S/C17H16Cl3NO3/c1-10-7-12(3-4-14(10)19)24-6-2-5-21-16-13(17(22)23)8-11(18)9-15(16)20/h3-4,7-9,21H,2,5-6H2,1H3,(H,22,23). The number of carboxylic acids is 1. The molecule has 0 bridgehead atoms. The third-order valence-corrected chi connectivity index (χ3v) is 4.25. The summed E-state index contributed by atoms with van der Waals surface area (Å²) in [5, 5.41) is 13.5. The highest BCUT2D eigenvalue weighted by molar-refractivity contribution is 6.37. The normalized spacial score (nSPS) is 10.5. The minimum Gasteiger partial charge on any atom is -0.494 e. The van der Waals surface area contributed by atoms with E-state index in [1.54, 1.807) is 12.1 Å². The molecule has 7 heteroatoms. The predicted molar refractivity (Wildman–Crippen MR) is 98.2 cm³/mol. The van der Waals surface area contributed by atoms with Gasteiger partial charge in [-0.3, -0.25) is 0 Å². The molecule has 0 saturated carbocycles. The quantitative estimate of drug-likeness (QED) is 0.612. The van der Waals surface area contributed by atoms with Crippen LogP contribution in [0.4, 0.5) is 5.69 Å². The highest BCUT2D eigenvalue weighted by Crippen LogP contribution is 2.30. The highest BCUT2D eigenvalue weighted by Gasteiger charge is 2.14. The zero-order valence-electron chi connectivity index (χ0n) is 12.9. The second-order valence-corrected chi connectivity index (χ2v) is 6.41. The van der Waals surface area contributed by atoms with E-state index in [-0.39, 0.29) is 15.6 Å². The Hall–Kier alpha value is -1.62. The van der Waals surface area contributed by atoms with Crippen molar-refractivity contribution in [3.8, 4) is 5.75 Å². The van der Waals surface area contributed by atoms with E-state index in [9.17, 15) is 9.90 Å². The molecule has 0 fully saturated rings. The molecule has 0 aliphatic carbocycles. The van der Waals surface area contributed by atoms with Crippen LogP contribution in [0.3, 0.4) is 0 Å². The predicted octanol–water partition coefficient (Wildman–Crippen LogP) is 5.53. The number of hydrogen-bond acceptors (Lipinski definition) is 3. The Bertz CT molecular complexity index is 750. The number of carboxylic acid groups (broad SMARTS) is 1. The van der Waals surface area contributed by atoms with E-state index in [0.29, 0.717) is 30.3 Å². The van der Waals surface area contributed by atoms with E-state index in [0.717, 1.165) is 11.3 Å². The maximum absolute atomic E-state index is 11.3. The van der Waals surface area contributed by atoms with Crippen molar-refractivity contribution in [3.05, 3.63) is 56.5 Å². The van der Waals surface area contributed by atoms with E-state index < -0.39 is 5.97 Å². The SMILES string of the molecule is Cc1cc(OCCCNc2c(Cl)cc(Cl)cc2C(=O)O)ccc1Cl. The van der Waals surface area contributed by atoms with Gasteiger partial charge in [0.15, 0.2) is 0 Å². The molecule has 0 heterocycles. The number of ether oxygens (including phenoxy) is 1. The van der Waals surface area contributed by atoms with Crippen LogP contribution in [-0.2, 0) is 0 Å². The Morgan fingerprint density at radius 1 is 1.17 bits per heavy atom. The minimum atomic E-state index is -1.09. The fourth-order valence-electron chi connectivity index (χ4n) is 2.10. The number of aromatic carboxylic acids is 1. The second-order valence-electron chi connectivity index (χ2n) is 5.16. The maximum atomic E-state index is 11.3. The van der Waals surface area contributed by atoms with Crippen LogP contribution < -0.4 is 10.1 Å². The summed E-state index contributed by atoms with van der Waals surface area (Å²) < 4.78 is 5.64. The van der Waals surface area contributed by atoms with Crippen molar-refractivity contribution in [1.29, 1.82) is 0 Å². The number of halogens is 3. The molecule has 0 amide bonds. The second kappa shape index (κ2) is 8.47. The summed E-state index contributed by atoms with van der Waals surface area (Å²) in [6.07, 6.45) is 0.666. The summed E-state index contributed by atoms with van der Waals surface area (Å²) in [4.78, 5) is 11.3. The Morgan fingerprint density at radius 3 is 2.58 bits per heavy atom. The monoisotopic (exact) mass is 387 g/mol. The first-order valence-corrected chi connectivity index (χ1v) is 8.37. The minimum absolute atomic E-state index is 0.0433. The van der Waals surface area contributed by atoms with Crippen molar-refractivity contribution in [1.82, 2.24) is 0 Å². The number of rotatable bonds is 7. The lowest BCUT2D eigenvalue weighted by molar-refractivity contribution is 0.0698. The lowest BCUT2D eigenvalue weighted by atomic mass is 10.1. The van der Waals surface area contributed by atoms with Crippen molar-refractivity contribution in [3.63, 3.8) is 0 Å². The van der Waals surface area contributed by atoms with Crippen LogP contribution in [0.5, 0.6) is 5.75 Å². The van der Waals surface area contributed by atoms with Crippen LogP contribution in [0, 0.1) is 6.92 Å². The van der Waals surface area contributed by atoms with Gasteiger partial charge < -0.3 is 15.2 Å². The Kier molecular flexibility index (Phi) is 6.60. The first-order chi connectivity index (χ1) is 11.4. The van der Waals surface area contributed by atoms with Gasteiger partial charge in [0, 0.05) is 16.6 Å². The summed E-state index contributed by atoms with van der Waals surface area (Å²) >= 11 is 17.9. The van der Waals surface area contributed by atoms with Gasteiger partial charge in [0.1, 0.15) is 5.75 Å². The van der Waals surface area contributed by atoms with Crippen molar-refractivity contribution in [2.75, 3.05) is 18.5 Å². The topological polar surface area (TPSA) is 58.6 Å². The van der Waals surface area contributed by atoms with Gasteiger partial charge in [-0.15, -0.1) is 0 Å². The third kappa shape index (κ3) is 4.94. The number of aryl methyl sites for hydroxylation is 1. The number of hydrogen-bond donors (Lipinski definition) is 2. The molecular weight excluding hydrogens is 373 g/mol. The highest BCUT2D eigenvalue weighted by atomic mass is 35.5. The van der Waals surface area contributed by atoms with Crippen LogP contribution in [0.2, 0.25) is 15.1 Å². The number of carbonyl (C=O) groups is 1. The summed E-state index contributed by atoms with van der Waals surface area (Å²) in [5.41, 5.74) is 1.35. The van der Waals surface area contributed by atoms with Gasteiger partial charge in [0.05, 0.1) is 22.9 Å². The van der Waals surface area contributed by atoms with E-state index >= 15 is 0 Å². The van der Waals surface area contributed by atoms with Gasteiger partial charge in [-0.05, 0) is 49.2 Å². The molecule has 0 atom stereocenters. The van der Waals surface area contributed by atoms with Gasteiger partial charge in [-0.2, -0.15) is 0 Å². The molecule has 0 unspecified atom stereocenters. The van der Waals surface area contributed by atoms with Gasteiger partial charge in [0.2, 0.25) is 0 Å². The van der Waals surface area contributed by atoms with Crippen LogP contribution in [-0.4, -0.2) is 24.2 Å². The fraction of sp³-hybridized carbons (Fsp3) is 0.235. The Balaban J connectivity index is 1.88. The average Bonchev–Trinajstić information content (AvgIpc) is 2.51.